The third-order valence-corrected chi connectivity index (χ3v) is 5.79. The van der Waals surface area contributed by atoms with Crippen LogP contribution in [0.15, 0.2) is 47.4 Å². The molecule has 3 N–H and O–H groups in total. The van der Waals surface area contributed by atoms with Crippen molar-refractivity contribution in [3.8, 4) is 17.6 Å². The lowest BCUT2D eigenvalue weighted by Crippen LogP contribution is -2.25. The number of amides is 1. The lowest BCUT2D eigenvalue weighted by Gasteiger charge is -2.16. The van der Waals surface area contributed by atoms with Crippen LogP contribution in [0.4, 0.5) is 5.82 Å². The average molecular weight is 506 g/mol. The number of rotatable bonds is 11. The van der Waals surface area contributed by atoms with Gasteiger partial charge >= 0.3 is 11.7 Å². The van der Waals surface area contributed by atoms with Gasteiger partial charge in [-0.1, -0.05) is 38.5 Å². The minimum atomic E-state index is -0.353. The molecular weight excluding hydrogens is 474 g/mol. The Morgan fingerprint density at radius 2 is 1.86 bits per heavy atom. The van der Waals surface area contributed by atoms with E-state index in [0.717, 1.165) is 24.0 Å². The number of aromatic nitrogens is 5. The number of nitrogens with zero attached hydrogens (tertiary/aromatic N) is 5. The molecule has 3 aromatic heterocycles. The van der Waals surface area contributed by atoms with Gasteiger partial charge in [0.05, 0.1) is 13.2 Å². The fourth-order valence-corrected chi connectivity index (χ4v) is 3.71. The summed E-state index contributed by atoms with van der Waals surface area (Å²) < 4.78 is 12.9. The Hall–Kier alpha value is -4.41. The molecule has 0 saturated heterocycles. The van der Waals surface area contributed by atoms with Crippen LogP contribution >= 0.6 is 0 Å². The molecule has 3 heterocycles. The first-order chi connectivity index (χ1) is 17.9. The minimum absolute atomic E-state index is 0.0937. The molecule has 11 heteroatoms. The third-order valence-electron chi connectivity index (χ3n) is 5.79. The molecule has 1 aromatic carbocycles. The Balaban J connectivity index is 1.44. The van der Waals surface area contributed by atoms with E-state index in [-0.39, 0.29) is 30.0 Å². The fourth-order valence-electron chi connectivity index (χ4n) is 3.71. The first kappa shape index (κ1) is 25.7. The number of H-pyrrole nitrogens is 1. The van der Waals surface area contributed by atoms with Gasteiger partial charge in [-0.3, -0.25) is 9.36 Å². The molecule has 4 rings (SSSR count). The summed E-state index contributed by atoms with van der Waals surface area (Å²) in [5.41, 5.74) is 8.19. The molecule has 4 aromatic rings. The standard InChI is InChI=1S/C26H31N7O4/c1-4-6-13-36-25-30-23(27)22-24(31-25)33(26(35)29-22)16-18-9-12-20(28-14-18)37-19-10-7-17(8-11-19)15-32(3)21(34)5-2/h7-12,14H,4-6,13,15-16H2,1-3H3,(H,29,35)(H2,27,30,31). The van der Waals surface area contributed by atoms with Crippen molar-refractivity contribution >= 4 is 22.9 Å². The number of aromatic amines is 1. The Kier molecular flexibility index (Phi) is 8.02. The van der Waals surface area contributed by atoms with Crippen molar-refractivity contribution in [3.05, 3.63) is 64.2 Å². The molecule has 0 aliphatic heterocycles. The minimum Gasteiger partial charge on any atom is -0.463 e. The predicted molar refractivity (Wildman–Crippen MR) is 140 cm³/mol. The summed E-state index contributed by atoms with van der Waals surface area (Å²) in [6.45, 7) is 5.15. The second kappa shape index (κ2) is 11.5. The molecule has 194 valence electrons. The smallest absolute Gasteiger partial charge is 0.328 e. The molecule has 37 heavy (non-hydrogen) atoms. The number of nitrogens with one attached hydrogen (secondary N) is 1. The number of unbranched alkanes of at least 4 members (excludes halogenated alkanes) is 1. The second-order valence-corrected chi connectivity index (χ2v) is 8.66. The maximum atomic E-state index is 12.6. The number of hydrogen-bond acceptors (Lipinski definition) is 8. The quantitative estimate of drug-likeness (QED) is 0.295. The second-order valence-electron chi connectivity index (χ2n) is 8.66. The Morgan fingerprint density at radius 1 is 1.11 bits per heavy atom. The van der Waals surface area contributed by atoms with Gasteiger partial charge in [0.25, 0.3) is 0 Å². The van der Waals surface area contributed by atoms with Gasteiger partial charge in [0.15, 0.2) is 11.5 Å². The molecule has 0 fully saturated rings. The summed E-state index contributed by atoms with van der Waals surface area (Å²) in [4.78, 5) is 41.7. The molecule has 0 bridgehead atoms. The number of nitrogens with two attached hydrogens (primary N) is 1. The highest BCUT2D eigenvalue weighted by Gasteiger charge is 2.15. The zero-order valence-corrected chi connectivity index (χ0v) is 21.2. The topological polar surface area (TPSA) is 141 Å². The first-order valence-corrected chi connectivity index (χ1v) is 12.2. The van der Waals surface area contributed by atoms with Gasteiger partial charge in [0.2, 0.25) is 11.8 Å². The van der Waals surface area contributed by atoms with Crippen LogP contribution in [0.3, 0.4) is 0 Å². The number of pyridine rings is 1. The van der Waals surface area contributed by atoms with Crippen molar-refractivity contribution in [3.63, 3.8) is 0 Å². The lowest BCUT2D eigenvalue weighted by molar-refractivity contribution is -0.130. The summed E-state index contributed by atoms with van der Waals surface area (Å²) >= 11 is 0. The molecule has 1 amide bonds. The van der Waals surface area contributed by atoms with E-state index >= 15 is 0 Å². The summed E-state index contributed by atoms with van der Waals surface area (Å²) in [5.74, 6) is 1.29. The molecule has 0 atom stereocenters. The van der Waals surface area contributed by atoms with Crippen LogP contribution in [-0.2, 0) is 17.9 Å². The van der Waals surface area contributed by atoms with Gasteiger partial charge in [0.1, 0.15) is 11.3 Å². The monoisotopic (exact) mass is 505 g/mol. The number of fused-ring (bicyclic) bond motifs is 1. The molecule has 0 aliphatic rings. The van der Waals surface area contributed by atoms with Crippen LogP contribution in [-0.4, -0.2) is 49.0 Å². The third kappa shape index (κ3) is 6.24. The average Bonchev–Trinajstić information content (AvgIpc) is 3.21. The molecule has 11 nitrogen and oxygen atoms in total. The molecule has 0 aliphatic carbocycles. The van der Waals surface area contributed by atoms with Gasteiger partial charge < -0.3 is 25.1 Å². The van der Waals surface area contributed by atoms with E-state index in [0.29, 0.717) is 42.4 Å². The molecule has 0 saturated carbocycles. The Labute approximate surface area is 214 Å². The van der Waals surface area contributed by atoms with Crippen LogP contribution < -0.4 is 20.9 Å². The van der Waals surface area contributed by atoms with Gasteiger partial charge in [-0.25, -0.2) is 9.78 Å². The number of benzene rings is 1. The number of nitrogen functional groups attached to an aromatic ring is 1. The zero-order chi connectivity index (χ0) is 26.4. The van der Waals surface area contributed by atoms with Crippen LogP contribution in [0.25, 0.3) is 11.2 Å². The largest absolute Gasteiger partial charge is 0.463 e. The Bertz CT molecular complexity index is 1410. The summed E-state index contributed by atoms with van der Waals surface area (Å²) in [6.07, 6.45) is 3.96. The van der Waals surface area contributed by atoms with Crippen LogP contribution in [0, 0.1) is 0 Å². The number of ether oxygens (including phenoxy) is 2. The molecular formula is C26H31N7O4. The van der Waals surface area contributed by atoms with Crippen molar-refractivity contribution < 1.29 is 14.3 Å². The van der Waals surface area contributed by atoms with Crippen molar-refractivity contribution in [2.75, 3.05) is 19.4 Å². The predicted octanol–water partition coefficient (Wildman–Crippen LogP) is 3.48. The van der Waals surface area contributed by atoms with E-state index in [9.17, 15) is 9.59 Å². The first-order valence-electron chi connectivity index (χ1n) is 12.2. The lowest BCUT2D eigenvalue weighted by atomic mass is 10.2. The summed E-state index contributed by atoms with van der Waals surface area (Å²) in [7, 11) is 1.79. The van der Waals surface area contributed by atoms with Crippen molar-refractivity contribution in [2.24, 2.45) is 0 Å². The van der Waals surface area contributed by atoms with Crippen molar-refractivity contribution in [1.82, 2.24) is 29.4 Å². The van der Waals surface area contributed by atoms with E-state index in [4.69, 9.17) is 15.2 Å². The number of hydrogen-bond donors (Lipinski definition) is 2. The van der Waals surface area contributed by atoms with Gasteiger partial charge in [-0.05, 0) is 29.7 Å². The fraction of sp³-hybridized carbons (Fsp3) is 0.346. The number of imidazole rings is 1. The van der Waals surface area contributed by atoms with E-state index in [1.165, 1.54) is 4.57 Å². The summed E-state index contributed by atoms with van der Waals surface area (Å²) in [6, 6.07) is 11.2. The van der Waals surface area contributed by atoms with E-state index in [1.807, 2.05) is 37.3 Å². The van der Waals surface area contributed by atoms with Gasteiger partial charge in [-0.15, -0.1) is 0 Å². The number of carbonyl (C=O) groups excluding carboxylic acids is 1. The highest BCUT2D eigenvalue weighted by molar-refractivity contribution is 5.82. The maximum Gasteiger partial charge on any atom is 0.328 e. The van der Waals surface area contributed by atoms with Gasteiger partial charge in [-0.2, -0.15) is 9.97 Å². The Morgan fingerprint density at radius 3 is 2.54 bits per heavy atom. The van der Waals surface area contributed by atoms with E-state index in [2.05, 4.69) is 26.9 Å². The van der Waals surface area contributed by atoms with Crippen LogP contribution in [0.1, 0.15) is 44.2 Å². The normalized spacial score (nSPS) is 11.0. The van der Waals surface area contributed by atoms with E-state index in [1.54, 1.807) is 24.2 Å². The van der Waals surface area contributed by atoms with Crippen molar-refractivity contribution in [1.29, 1.82) is 0 Å². The molecule has 0 unspecified atom stereocenters. The SMILES string of the molecule is CCCCOc1nc(N)c2[nH]c(=O)n(Cc3ccc(Oc4ccc(CN(C)C(=O)CC)cc4)nc3)c2n1. The highest BCUT2D eigenvalue weighted by Crippen LogP contribution is 2.22. The number of carbonyl (C=O) groups is 1. The van der Waals surface area contributed by atoms with Crippen LogP contribution in [0.2, 0.25) is 0 Å². The van der Waals surface area contributed by atoms with E-state index < -0.39 is 0 Å². The highest BCUT2D eigenvalue weighted by atomic mass is 16.5. The summed E-state index contributed by atoms with van der Waals surface area (Å²) in [5, 5.41) is 0. The van der Waals surface area contributed by atoms with Crippen LogP contribution in [0.5, 0.6) is 17.6 Å². The van der Waals surface area contributed by atoms with Crippen molar-refractivity contribution in [2.45, 2.75) is 46.2 Å². The number of anilines is 1. The maximum absolute atomic E-state index is 12.6. The molecule has 0 spiro atoms. The zero-order valence-electron chi connectivity index (χ0n) is 21.2. The van der Waals surface area contributed by atoms with Gasteiger partial charge in [0, 0.05) is 32.3 Å². The molecule has 0 radical (unpaired) electrons.